The van der Waals surface area contributed by atoms with Gasteiger partial charge in [0.05, 0.1) is 11.3 Å². The molecule has 3 rings (SSSR count). The maximum atomic E-state index is 12.4. The van der Waals surface area contributed by atoms with Gasteiger partial charge in [-0.2, -0.15) is 5.21 Å². The first-order valence-corrected chi connectivity index (χ1v) is 9.28. The van der Waals surface area contributed by atoms with E-state index in [9.17, 15) is 13.2 Å². The molecule has 0 atom stereocenters. The molecule has 1 aromatic carbocycles. The molecule has 1 aliphatic rings. The van der Waals surface area contributed by atoms with Crippen LogP contribution >= 0.6 is 0 Å². The topological polar surface area (TPSA) is 121 Å². The fourth-order valence-electron chi connectivity index (χ4n) is 2.64. The molecule has 2 N–H and O–H groups in total. The average molecular weight is 350 g/mol. The Morgan fingerprint density at radius 3 is 2.71 bits per heavy atom. The van der Waals surface area contributed by atoms with Gasteiger partial charge in [-0.3, -0.25) is 4.79 Å². The maximum Gasteiger partial charge on any atom is 0.252 e. The van der Waals surface area contributed by atoms with Gasteiger partial charge in [0, 0.05) is 25.2 Å². The van der Waals surface area contributed by atoms with Crippen molar-refractivity contribution in [2.75, 3.05) is 25.4 Å². The number of hydrogen-bond donors (Lipinski definition) is 2. The average Bonchev–Trinajstić information content (AvgIpc) is 3.28. The number of nitrogens with one attached hydrogen (secondary N) is 2. The van der Waals surface area contributed by atoms with E-state index in [1.165, 1.54) is 4.31 Å². The number of carbonyl (C=O) groups is 1. The number of aromatic nitrogens is 4. The van der Waals surface area contributed by atoms with E-state index in [0.29, 0.717) is 30.0 Å². The van der Waals surface area contributed by atoms with Crippen molar-refractivity contribution in [3.05, 3.63) is 29.8 Å². The predicted molar refractivity (Wildman–Crippen MR) is 86.5 cm³/mol. The number of carbonyl (C=O) groups excluding carboxylic acids is 1. The number of rotatable bonds is 6. The van der Waals surface area contributed by atoms with Crippen molar-refractivity contribution in [1.29, 1.82) is 0 Å². The standard InChI is InChI=1S/C14H18N6O3S/c21-14(15-7-10-24(22,23)20-8-3-4-9-20)12-6-2-1-5-11(12)13-16-18-19-17-13/h1-2,5-6H,3-4,7-10H2,(H,15,21)(H,16,17,18,19). The van der Waals surface area contributed by atoms with Gasteiger partial charge in [-0.1, -0.05) is 18.2 Å². The molecule has 2 aromatic rings. The third-order valence-electron chi connectivity index (χ3n) is 3.86. The van der Waals surface area contributed by atoms with E-state index in [1.807, 2.05) is 0 Å². The van der Waals surface area contributed by atoms with Crippen molar-refractivity contribution in [2.45, 2.75) is 12.8 Å². The van der Waals surface area contributed by atoms with Crippen LogP contribution in [0.15, 0.2) is 24.3 Å². The summed E-state index contributed by atoms with van der Waals surface area (Å²) >= 11 is 0. The molecule has 1 saturated heterocycles. The summed E-state index contributed by atoms with van der Waals surface area (Å²) in [6, 6.07) is 6.83. The second-order valence-electron chi connectivity index (χ2n) is 5.46. The minimum Gasteiger partial charge on any atom is -0.351 e. The first kappa shape index (κ1) is 16.5. The Morgan fingerprint density at radius 1 is 1.25 bits per heavy atom. The van der Waals surface area contributed by atoms with Gasteiger partial charge >= 0.3 is 0 Å². The number of hydrogen-bond acceptors (Lipinski definition) is 6. The van der Waals surface area contributed by atoms with Crippen LogP contribution in [0.2, 0.25) is 0 Å². The Labute approximate surface area is 139 Å². The second-order valence-corrected chi connectivity index (χ2v) is 7.55. The zero-order valence-electron chi connectivity index (χ0n) is 13.0. The van der Waals surface area contributed by atoms with Gasteiger partial charge in [0.2, 0.25) is 15.8 Å². The predicted octanol–water partition coefficient (Wildman–Crippen LogP) is 0.0221. The first-order valence-electron chi connectivity index (χ1n) is 7.67. The largest absolute Gasteiger partial charge is 0.351 e. The molecule has 0 radical (unpaired) electrons. The Balaban J connectivity index is 1.64. The first-order chi connectivity index (χ1) is 11.6. The summed E-state index contributed by atoms with van der Waals surface area (Å²) in [5.74, 6) is -0.166. The highest BCUT2D eigenvalue weighted by Gasteiger charge is 2.25. The van der Waals surface area contributed by atoms with Gasteiger partial charge in [0.25, 0.3) is 5.91 Å². The van der Waals surface area contributed by atoms with E-state index in [0.717, 1.165) is 12.8 Å². The number of sulfonamides is 1. The fourth-order valence-corrected chi connectivity index (χ4v) is 4.07. The summed E-state index contributed by atoms with van der Waals surface area (Å²) in [6.07, 6.45) is 1.79. The van der Waals surface area contributed by atoms with Crippen LogP contribution in [0, 0.1) is 0 Å². The maximum absolute atomic E-state index is 12.4. The summed E-state index contributed by atoms with van der Waals surface area (Å²) in [7, 11) is -3.31. The van der Waals surface area contributed by atoms with Crippen LogP contribution < -0.4 is 5.32 Å². The third kappa shape index (κ3) is 3.60. The quantitative estimate of drug-likeness (QED) is 0.758. The van der Waals surface area contributed by atoms with E-state index in [2.05, 4.69) is 25.9 Å². The molecule has 0 saturated carbocycles. The monoisotopic (exact) mass is 350 g/mol. The summed E-state index contributed by atoms with van der Waals surface area (Å²) in [6.45, 7) is 1.19. The summed E-state index contributed by atoms with van der Waals surface area (Å²) < 4.78 is 25.8. The SMILES string of the molecule is O=C(NCCS(=O)(=O)N1CCCC1)c1ccccc1-c1nn[nH]n1. The van der Waals surface area contributed by atoms with Crippen LogP contribution in [0.1, 0.15) is 23.2 Å². The van der Waals surface area contributed by atoms with Crippen LogP contribution in [0.4, 0.5) is 0 Å². The van der Waals surface area contributed by atoms with Crippen molar-refractivity contribution in [3.8, 4) is 11.4 Å². The highest BCUT2D eigenvalue weighted by molar-refractivity contribution is 7.89. The van der Waals surface area contributed by atoms with Gasteiger partial charge in [0.1, 0.15) is 0 Å². The number of benzene rings is 1. The Kier molecular flexibility index (Phi) is 4.86. The molecule has 2 heterocycles. The van der Waals surface area contributed by atoms with Crippen molar-refractivity contribution >= 4 is 15.9 Å². The molecule has 128 valence electrons. The molecule has 0 bridgehead atoms. The third-order valence-corrected chi connectivity index (χ3v) is 5.73. The van der Waals surface area contributed by atoms with Crippen LogP contribution in [0.25, 0.3) is 11.4 Å². The number of aromatic amines is 1. The fraction of sp³-hybridized carbons (Fsp3) is 0.429. The lowest BCUT2D eigenvalue weighted by molar-refractivity contribution is 0.0956. The van der Waals surface area contributed by atoms with Gasteiger partial charge in [0.15, 0.2) is 0 Å². The minimum atomic E-state index is -3.31. The van der Waals surface area contributed by atoms with Crippen LogP contribution in [-0.4, -0.2) is 64.6 Å². The highest BCUT2D eigenvalue weighted by Crippen LogP contribution is 2.18. The number of amides is 1. The number of nitrogens with zero attached hydrogens (tertiary/aromatic N) is 4. The lowest BCUT2D eigenvalue weighted by atomic mass is 10.1. The molecule has 0 aliphatic carbocycles. The molecule has 9 nitrogen and oxygen atoms in total. The molecule has 1 amide bonds. The molecule has 0 spiro atoms. The number of H-pyrrole nitrogens is 1. The molecule has 0 unspecified atom stereocenters. The summed E-state index contributed by atoms with van der Waals surface area (Å²) in [4.78, 5) is 12.4. The molecule has 1 aliphatic heterocycles. The van der Waals surface area contributed by atoms with Gasteiger partial charge < -0.3 is 5.32 Å². The second kappa shape index (κ2) is 7.05. The van der Waals surface area contributed by atoms with Gasteiger partial charge in [-0.15, -0.1) is 10.2 Å². The van der Waals surface area contributed by atoms with E-state index in [-0.39, 0.29) is 18.2 Å². The van der Waals surface area contributed by atoms with Crippen LogP contribution in [0.3, 0.4) is 0 Å². The van der Waals surface area contributed by atoms with E-state index in [1.54, 1.807) is 24.3 Å². The van der Waals surface area contributed by atoms with Crippen molar-refractivity contribution in [3.63, 3.8) is 0 Å². The molecular formula is C14H18N6O3S. The molecule has 24 heavy (non-hydrogen) atoms. The minimum absolute atomic E-state index is 0.0538. The smallest absolute Gasteiger partial charge is 0.252 e. The van der Waals surface area contributed by atoms with Crippen LogP contribution in [-0.2, 0) is 10.0 Å². The van der Waals surface area contributed by atoms with Crippen molar-refractivity contribution < 1.29 is 13.2 Å². The normalized spacial score (nSPS) is 15.5. The van der Waals surface area contributed by atoms with Gasteiger partial charge in [-0.05, 0) is 24.1 Å². The van der Waals surface area contributed by atoms with Crippen molar-refractivity contribution in [2.24, 2.45) is 0 Å². The lowest BCUT2D eigenvalue weighted by Gasteiger charge is -2.15. The molecular weight excluding hydrogens is 332 g/mol. The zero-order chi connectivity index (χ0) is 17.0. The van der Waals surface area contributed by atoms with E-state index in [4.69, 9.17) is 0 Å². The Bertz CT molecular complexity index is 800. The highest BCUT2D eigenvalue weighted by atomic mass is 32.2. The van der Waals surface area contributed by atoms with Crippen molar-refractivity contribution in [1.82, 2.24) is 30.2 Å². The Morgan fingerprint density at radius 2 is 2.00 bits per heavy atom. The van der Waals surface area contributed by atoms with Gasteiger partial charge in [-0.25, -0.2) is 12.7 Å². The summed E-state index contributed by atoms with van der Waals surface area (Å²) in [5, 5.41) is 16.2. The van der Waals surface area contributed by atoms with E-state index >= 15 is 0 Å². The molecule has 1 aromatic heterocycles. The lowest BCUT2D eigenvalue weighted by Crippen LogP contribution is -2.36. The summed E-state index contributed by atoms with van der Waals surface area (Å²) in [5.41, 5.74) is 0.906. The van der Waals surface area contributed by atoms with Crippen LogP contribution in [0.5, 0.6) is 0 Å². The zero-order valence-corrected chi connectivity index (χ0v) is 13.8. The van der Waals surface area contributed by atoms with E-state index < -0.39 is 10.0 Å². The molecule has 10 heteroatoms. The Hall–Kier alpha value is -2.33. The number of tetrazole rings is 1. The molecule has 1 fully saturated rings.